The SMILES string of the molecule is Cc1cc(C)n(CCCC(=O)N2CCCN(c3ccccc3)CC2)n1. The van der Waals surface area contributed by atoms with E-state index in [2.05, 4.69) is 47.3 Å². The van der Waals surface area contributed by atoms with Gasteiger partial charge in [0.25, 0.3) is 0 Å². The van der Waals surface area contributed by atoms with Crippen molar-refractivity contribution in [2.45, 2.75) is 39.7 Å². The van der Waals surface area contributed by atoms with Crippen molar-refractivity contribution in [3.8, 4) is 0 Å². The Labute approximate surface area is 150 Å². The first-order valence-corrected chi connectivity index (χ1v) is 9.22. The van der Waals surface area contributed by atoms with Gasteiger partial charge >= 0.3 is 0 Å². The van der Waals surface area contributed by atoms with Gasteiger partial charge in [-0.2, -0.15) is 5.10 Å². The predicted molar refractivity (Wildman–Crippen MR) is 101 cm³/mol. The molecule has 1 aliphatic heterocycles. The smallest absolute Gasteiger partial charge is 0.222 e. The number of aromatic nitrogens is 2. The topological polar surface area (TPSA) is 41.4 Å². The van der Waals surface area contributed by atoms with E-state index in [0.29, 0.717) is 6.42 Å². The summed E-state index contributed by atoms with van der Waals surface area (Å²) in [6.07, 6.45) is 2.47. The number of hydrogen-bond acceptors (Lipinski definition) is 3. The van der Waals surface area contributed by atoms with Crippen LogP contribution in [0.4, 0.5) is 5.69 Å². The van der Waals surface area contributed by atoms with E-state index in [-0.39, 0.29) is 5.91 Å². The van der Waals surface area contributed by atoms with Gasteiger partial charge in [0.2, 0.25) is 5.91 Å². The van der Waals surface area contributed by atoms with Crippen LogP contribution in [-0.2, 0) is 11.3 Å². The molecule has 1 aromatic heterocycles. The van der Waals surface area contributed by atoms with E-state index < -0.39 is 0 Å². The van der Waals surface area contributed by atoms with Crippen LogP contribution in [0, 0.1) is 13.8 Å². The van der Waals surface area contributed by atoms with Gasteiger partial charge in [-0.05, 0) is 44.9 Å². The molecular formula is C20H28N4O. The predicted octanol–water partition coefficient (Wildman–Crippen LogP) is 3.02. The van der Waals surface area contributed by atoms with Gasteiger partial charge in [0.1, 0.15) is 0 Å². The Morgan fingerprint density at radius 1 is 1.08 bits per heavy atom. The van der Waals surface area contributed by atoms with Gasteiger partial charge in [0.15, 0.2) is 0 Å². The maximum atomic E-state index is 12.6. The van der Waals surface area contributed by atoms with Crippen LogP contribution < -0.4 is 4.90 Å². The zero-order chi connectivity index (χ0) is 17.6. The number of hydrogen-bond donors (Lipinski definition) is 0. The van der Waals surface area contributed by atoms with Crippen molar-refractivity contribution in [2.75, 3.05) is 31.1 Å². The van der Waals surface area contributed by atoms with Crippen LogP contribution in [0.15, 0.2) is 36.4 Å². The van der Waals surface area contributed by atoms with Gasteiger partial charge in [0, 0.05) is 50.5 Å². The number of benzene rings is 1. The van der Waals surface area contributed by atoms with E-state index in [1.54, 1.807) is 0 Å². The average Bonchev–Trinajstić information content (AvgIpc) is 2.81. The zero-order valence-electron chi connectivity index (χ0n) is 15.3. The normalized spacial score (nSPS) is 15.3. The first-order valence-electron chi connectivity index (χ1n) is 9.22. The van der Waals surface area contributed by atoms with Crippen molar-refractivity contribution in [2.24, 2.45) is 0 Å². The number of carbonyl (C=O) groups is 1. The Bertz CT molecular complexity index is 695. The molecule has 0 saturated carbocycles. The van der Waals surface area contributed by atoms with Crippen LogP contribution in [0.2, 0.25) is 0 Å². The standard InChI is InChI=1S/C20H28N4O/c1-17-16-18(2)24(21-17)13-6-10-20(25)23-12-7-11-22(14-15-23)19-8-4-3-5-9-19/h3-5,8-9,16H,6-7,10-15H2,1-2H3. The largest absolute Gasteiger partial charge is 0.370 e. The molecule has 1 fully saturated rings. The van der Waals surface area contributed by atoms with E-state index in [0.717, 1.165) is 51.3 Å². The monoisotopic (exact) mass is 340 g/mol. The Kier molecular flexibility index (Phi) is 5.74. The van der Waals surface area contributed by atoms with Gasteiger partial charge in [0.05, 0.1) is 5.69 Å². The number of aryl methyl sites for hydroxylation is 3. The van der Waals surface area contributed by atoms with E-state index in [4.69, 9.17) is 0 Å². The minimum atomic E-state index is 0.274. The molecule has 0 spiro atoms. The minimum absolute atomic E-state index is 0.274. The summed E-state index contributed by atoms with van der Waals surface area (Å²) in [5.41, 5.74) is 3.46. The number of amides is 1. The van der Waals surface area contributed by atoms with Crippen molar-refractivity contribution >= 4 is 11.6 Å². The lowest BCUT2D eigenvalue weighted by molar-refractivity contribution is -0.131. The summed E-state index contributed by atoms with van der Waals surface area (Å²) >= 11 is 0. The van der Waals surface area contributed by atoms with Gasteiger partial charge in [-0.25, -0.2) is 0 Å². The molecule has 0 aliphatic carbocycles. The Balaban J connectivity index is 1.47. The molecule has 0 unspecified atom stereocenters. The number of rotatable bonds is 5. The molecule has 2 aromatic rings. The summed E-state index contributed by atoms with van der Waals surface area (Å²) in [5.74, 6) is 0.274. The van der Waals surface area contributed by atoms with Gasteiger partial charge in [-0.15, -0.1) is 0 Å². The first kappa shape index (κ1) is 17.5. The summed E-state index contributed by atoms with van der Waals surface area (Å²) in [6.45, 7) is 8.48. The maximum absolute atomic E-state index is 12.6. The van der Waals surface area contributed by atoms with Crippen LogP contribution in [-0.4, -0.2) is 46.8 Å². The number of carbonyl (C=O) groups excluding carboxylic acids is 1. The summed E-state index contributed by atoms with van der Waals surface area (Å²) in [7, 11) is 0. The fraction of sp³-hybridized carbons (Fsp3) is 0.500. The molecule has 0 bridgehead atoms. The van der Waals surface area contributed by atoms with Crippen molar-refractivity contribution in [1.29, 1.82) is 0 Å². The molecule has 1 aliphatic rings. The Hall–Kier alpha value is -2.30. The van der Waals surface area contributed by atoms with Gasteiger partial charge in [-0.3, -0.25) is 9.48 Å². The number of para-hydroxylation sites is 1. The summed E-state index contributed by atoms with van der Waals surface area (Å²) in [5, 5.41) is 4.46. The van der Waals surface area contributed by atoms with Crippen LogP contribution >= 0.6 is 0 Å². The van der Waals surface area contributed by atoms with E-state index >= 15 is 0 Å². The van der Waals surface area contributed by atoms with Crippen LogP contribution in [0.25, 0.3) is 0 Å². The lowest BCUT2D eigenvalue weighted by Crippen LogP contribution is -2.35. The van der Waals surface area contributed by atoms with E-state index in [1.807, 2.05) is 22.6 Å². The van der Waals surface area contributed by atoms with Gasteiger partial charge < -0.3 is 9.80 Å². The second kappa shape index (κ2) is 8.19. The van der Waals surface area contributed by atoms with E-state index in [1.165, 1.54) is 11.4 Å². The highest BCUT2D eigenvalue weighted by atomic mass is 16.2. The third-order valence-electron chi connectivity index (χ3n) is 4.83. The fourth-order valence-corrected chi connectivity index (χ4v) is 3.50. The summed E-state index contributed by atoms with van der Waals surface area (Å²) < 4.78 is 2.00. The molecule has 5 nitrogen and oxygen atoms in total. The van der Waals surface area contributed by atoms with Crippen molar-refractivity contribution in [3.05, 3.63) is 47.8 Å². The third kappa shape index (κ3) is 4.62. The summed E-state index contributed by atoms with van der Waals surface area (Å²) in [6, 6.07) is 12.6. The molecule has 0 atom stereocenters. The Morgan fingerprint density at radius 2 is 1.88 bits per heavy atom. The highest BCUT2D eigenvalue weighted by molar-refractivity contribution is 5.76. The molecule has 1 saturated heterocycles. The quantitative estimate of drug-likeness (QED) is 0.840. The van der Waals surface area contributed by atoms with Crippen LogP contribution in [0.1, 0.15) is 30.7 Å². The Morgan fingerprint density at radius 3 is 2.60 bits per heavy atom. The molecule has 2 heterocycles. The number of anilines is 1. The molecule has 0 radical (unpaired) electrons. The molecule has 1 amide bonds. The summed E-state index contributed by atoms with van der Waals surface area (Å²) in [4.78, 5) is 17.0. The van der Waals surface area contributed by atoms with Crippen LogP contribution in [0.5, 0.6) is 0 Å². The van der Waals surface area contributed by atoms with E-state index in [9.17, 15) is 4.79 Å². The van der Waals surface area contributed by atoms with Gasteiger partial charge in [-0.1, -0.05) is 18.2 Å². The molecule has 134 valence electrons. The lowest BCUT2D eigenvalue weighted by atomic mass is 10.2. The lowest BCUT2D eigenvalue weighted by Gasteiger charge is -2.23. The first-order chi connectivity index (χ1) is 12.1. The fourth-order valence-electron chi connectivity index (χ4n) is 3.50. The molecule has 3 rings (SSSR count). The number of nitrogens with zero attached hydrogens (tertiary/aromatic N) is 4. The second-order valence-corrected chi connectivity index (χ2v) is 6.81. The highest BCUT2D eigenvalue weighted by Crippen LogP contribution is 2.16. The average molecular weight is 340 g/mol. The van der Waals surface area contributed by atoms with Crippen LogP contribution in [0.3, 0.4) is 0 Å². The molecule has 0 N–H and O–H groups in total. The zero-order valence-corrected chi connectivity index (χ0v) is 15.3. The van der Waals surface area contributed by atoms with Crippen molar-refractivity contribution < 1.29 is 4.79 Å². The molecule has 5 heteroatoms. The van der Waals surface area contributed by atoms with Crippen molar-refractivity contribution in [3.63, 3.8) is 0 Å². The molecule has 25 heavy (non-hydrogen) atoms. The molecular weight excluding hydrogens is 312 g/mol. The van der Waals surface area contributed by atoms with Crippen molar-refractivity contribution in [1.82, 2.24) is 14.7 Å². The third-order valence-corrected chi connectivity index (χ3v) is 4.83. The minimum Gasteiger partial charge on any atom is -0.370 e. The second-order valence-electron chi connectivity index (χ2n) is 6.81. The highest BCUT2D eigenvalue weighted by Gasteiger charge is 2.19. The molecule has 1 aromatic carbocycles. The maximum Gasteiger partial charge on any atom is 0.222 e.